The third-order valence-corrected chi connectivity index (χ3v) is 3.27. The molecule has 0 amide bonds. The maximum absolute atomic E-state index is 11.1. The fourth-order valence-electron chi connectivity index (χ4n) is 1.47. The molecule has 8 nitrogen and oxygen atoms in total. The van der Waals surface area contributed by atoms with Crippen LogP contribution < -0.4 is 15.8 Å². The maximum atomic E-state index is 11.1. The first-order chi connectivity index (χ1) is 8.85. The molecule has 1 heterocycles. The Hall–Kier alpha value is -1.96. The van der Waals surface area contributed by atoms with Crippen LogP contribution in [0.1, 0.15) is 20.8 Å². The minimum Gasteiger partial charge on any atom is -0.476 e. The van der Waals surface area contributed by atoms with Crippen molar-refractivity contribution in [1.29, 1.82) is 0 Å². The number of ether oxygens (including phenoxy) is 1. The molecule has 0 saturated heterocycles. The Balaban J connectivity index is 3.24. The van der Waals surface area contributed by atoms with Gasteiger partial charge in [-0.3, -0.25) is 10.1 Å². The maximum Gasteiger partial charge on any atom is 0.372 e. The molecule has 0 spiro atoms. The molecule has 1 unspecified atom stereocenters. The molecule has 0 radical (unpaired) electrons. The molecular weight excluding hydrogens is 250 g/mol. The number of hydrogen-bond donors (Lipinski definition) is 2. The number of rotatable bonds is 6. The molecule has 0 aliphatic heterocycles. The van der Waals surface area contributed by atoms with Crippen LogP contribution in [0.25, 0.3) is 0 Å². The topological polar surface area (TPSA) is 116 Å². The molecule has 0 aliphatic rings. The average molecular weight is 269 g/mol. The molecule has 8 heteroatoms. The van der Waals surface area contributed by atoms with Gasteiger partial charge in [-0.25, -0.2) is 4.98 Å². The van der Waals surface area contributed by atoms with Gasteiger partial charge in [0.2, 0.25) is 5.82 Å². The van der Waals surface area contributed by atoms with Crippen molar-refractivity contribution < 1.29 is 9.66 Å². The Morgan fingerprint density at radius 1 is 1.58 bits per heavy atom. The van der Waals surface area contributed by atoms with Crippen molar-refractivity contribution in [3.8, 4) is 5.88 Å². The first-order valence-electron chi connectivity index (χ1n) is 5.87. The second-order valence-corrected chi connectivity index (χ2v) is 4.74. The Bertz CT molecular complexity index is 466. The molecule has 0 aromatic carbocycles. The predicted octanol–water partition coefficient (Wildman–Crippen LogP) is 1.18. The summed E-state index contributed by atoms with van der Waals surface area (Å²) >= 11 is 0. The zero-order valence-electron chi connectivity index (χ0n) is 11.5. The van der Waals surface area contributed by atoms with Crippen LogP contribution in [0.4, 0.5) is 11.5 Å². The third kappa shape index (κ3) is 3.08. The third-order valence-electron chi connectivity index (χ3n) is 3.27. The van der Waals surface area contributed by atoms with Gasteiger partial charge in [0, 0.05) is 6.54 Å². The van der Waals surface area contributed by atoms with Gasteiger partial charge in [-0.2, -0.15) is 4.98 Å². The van der Waals surface area contributed by atoms with Crippen LogP contribution in [-0.4, -0.2) is 34.1 Å². The van der Waals surface area contributed by atoms with Crippen molar-refractivity contribution in [2.75, 3.05) is 19.0 Å². The molecular formula is C11H19N5O3. The SMILES string of the molecule is COc1ncnc(NC(C)(CN)C(C)C)c1[N+](=O)[O-]. The first-order valence-corrected chi connectivity index (χ1v) is 5.87. The van der Waals surface area contributed by atoms with E-state index < -0.39 is 10.5 Å². The summed E-state index contributed by atoms with van der Waals surface area (Å²) in [6, 6.07) is 0. The van der Waals surface area contributed by atoms with E-state index in [4.69, 9.17) is 10.5 Å². The number of nitrogens with zero attached hydrogens (tertiary/aromatic N) is 3. The second-order valence-electron chi connectivity index (χ2n) is 4.74. The van der Waals surface area contributed by atoms with E-state index in [0.717, 1.165) is 0 Å². The Morgan fingerprint density at radius 2 is 2.21 bits per heavy atom. The summed E-state index contributed by atoms with van der Waals surface area (Å²) in [5.41, 5.74) is 4.95. The van der Waals surface area contributed by atoms with Crippen LogP contribution >= 0.6 is 0 Å². The van der Waals surface area contributed by atoms with Gasteiger partial charge in [-0.05, 0) is 12.8 Å². The summed E-state index contributed by atoms with van der Waals surface area (Å²) in [5, 5.41) is 14.2. The minimum atomic E-state index is -0.571. The van der Waals surface area contributed by atoms with E-state index in [2.05, 4.69) is 15.3 Å². The zero-order valence-corrected chi connectivity index (χ0v) is 11.5. The largest absolute Gasteiger partial charge is 0.476 e. The lowest BCUT2D eigenvalue weighted by molar-refractivity contribution is -0.385. The number of nitrogens with two attached hydrogens (primary N) is 1. The highest BCUT2D eigenvalue weighted by molar-refractivity contribution is 5.62. The molecule has 3 N–H and O–H groups in total. The highest BCUT2D eigenvalue weighted by Crippen LogP contribution is 2.33. The average Bonchev–Trinajstić information content (AvgIpc) is 2.37. The van der Waals surface area contributed by atoms with Crippen LogP contribution in [-0.2, 0) is 0 Å². The lowest BCUT2D eigenvalue weighted by Gasteiger charge is -2.33. The van der Waals surface area contributed by atoms with Gasteiger partial charge < -0.3 is 15.8 Å². The van der Waals surface area contributed by atoms with Crippen molar-refractivity contribution in [1.82, 2.24) is 9.97 Å². The van der Waals surface area contributed by atoms with Gasteiger partial charge in [-0.1, -0.05) is 13.8 Å². The van der Waals surface area contributed by atoms with E-state index in [0.29, 0.717) is 6.54 Å². The zero-order chi connectivity index (χ0) is 14.6. The van der Waals surface area contributed by atoms with Crippen molar-refractivity contribution in [2.24, 2.45) is 11.7 Å². The summed E-state index contributed by atoms with van der Waals surface area (Å²) < 4.78 is 4.89. The monoisotopic (exact) mass is 269 g/mol. The molecule has 1 aromatic heterocycles. The molecule has 0 saturated carbocycles. The number of anilines is 1. The molecule has 1 atom stereocenters. The quantitative estimate of drug-likeness (QED) is 0.588. The van der Waals surface area contributed by atoms with Crippen LogP contribution in [0.5, 0.6) is 5.88 Å². The molecule has 106 valence electrons. The first kappa shape index (κ1) is 15.1. The summed E-state index contributed by atoms with van der Waals surface area (Å²) in [4.78, 5) is 18.2. The van der Waals surface area contributed by atoms with Gasteiger partial charge in [0.15, 0.2) is 0 Å². The van der Waals surface area contributed by atoms with E-state index >= 15 is 0 Å². The van der Waals surface area contributed by atoms with Crippen molar-refractivity contribution >= 4 is 11.5 Å². The Morgan fingerprint density at radius 3 is 2.63 bits per heavy atom. The van der Waals surface area contributed by atoms with Gasteiger partial charge >= 0.3 is 5.69 Å². The van der Waals surface area contributed by atoms with E-state index in [1.165, 1.54) is 13.4 Å². The summed E-state index contributed by atoms with van der Waals surface area (Å²) in [6.07, 6.45) is 1.21. The second kappa shape index (κ2) is 5.79. The smallest absolute Gasteiger partial charge is 0.372 e. The molecule has 1 aromatic rings. The van der Waals surface area contributed by atoms with E-state index in [-0.39, 0.29) is 23.3 Å². The number of aromatic nitrogens is 2. The fourth-order valence-corrected chi connectivity index (χ4v) is 1.47. The Labute approximate surface area is 111 Å². The normalized spacial score (nSPS) is 14.0. The molecule has 1 rings (SSSR count). The van der Waals surface area contributed by atoms with E-state index in [9.17, 15) is 10.1 Å². The van der Waals surface area contributed by atoms with Crippen LogP contribution in [0.3, 0.4) is 0 Å². The molecule has 19 heavy (non-hydrogen) atoms. The van der Waals surface area contributed by atoms with Gasteiger partial charge in [0.1, 0.15) is 6.33 Å². The van der Waals surface area contributed by atoms with Crippen molar-refractivity contribution in [3.63, 3.8) is 0 Å². The van der Waals surface area contributed by atoms with Gasteiger partial charge in [0.25, 0.3) is 5.88 Å². The lowest BCUT2D eigenvalue weighted by atomic mass is 9.88. The fraction of sp³-hybridized carbons (Fsp3) is 0.636. The minimum absolute atomic E-state index is 0.0781. The highest BCUT2D eigenvalue weighted by Gasteiger charge is 2.32. The van der Waals surface area contributed by atoms with E-state index in [1.807, 2.05) is 20.8 Å². The number of hydrogen-bond acceptors (Lipinski definition) is 7. The van der Waals surface area contributed by atoms with Gasteiger partial charge in [0.05, 0.1) is 17.6 Å². The molecule has 0 bridgehead atoms. The highest BCUT2D eigenvalue weighted by atomic mass is 16.6. The molecule has 0 aliphatic carbocycles. The number of nitro groups is 1. The lowest BCUT2D eigenvalue weighted by Crippen LogP contribution is -2.47. The number of methoxy groups -OCH3 is 1. The molecule has 0 fully saturated rings. The van der Waals surface area contributed by atoms with Crippen LogP contribution in [0.2, 0.25) is 0 Å². The standard InChI is InChI=1S/C11H19N5O3/c1-7(2)11(3,5-12)15-9-8(16(17)18)10(19-4)14-6-13-9/h6-7H,5,12H2,1-4H3,(H,13,14,15). The summed E-state index contributed by atoms with van der Waals surface area (Å²) in [7, 11) is 1.32. The van der Waals surface area contributed by atoms with E-state index in [1.54, 1.807) is 0 Å². The Kier molecular flexibility index (Phi) is 4.60. The van der Waals surface area contributed by atoms with Crippen molar-refractivity contribution in [3.05, 3.63) is 16.4 Å². The van der Waals surface area contributed by atoms with Crippen molar-refractivity contribution in [2.45, 2.75) is 26.3 Å². The summed E-state index contributed by atoms with van der Waals surface area (Å²) in [5.74, 6) is 0.196. The summed E-state index contributed by atoms with van der Waals surface area (Å²) in [6.45, 7) is 6.15. The number of nitrogens with one attached hydrogen (secondary N) is 1. The van der Waals surface area contributed by atoms with Gasteiger partial charge in [-0.15, -0.1) is 0 Å². The predicted molar refractivity (Wildman–Crippen MR) is 71.2 cm³/mol. The van der Waals surface area contributed by atoms with Crippen LogP contribution in [0.15, 0.2) is 6.33 Å². The van der Waals surface area contributed by atoms with Crippen LogP contribution in [0, 0.1) is 16.0 Å².